The Morgan fingerprint density at radius 2 is 2.11 bits per heavy atom. The summed E-state index contributed by atoms with van der Waals surface area (Å²) in [7, 11) is 0. The first-order chi connectivity index (χ1) is 9.06. The van der Waals surface area contributed by atoms with Crippen molar-refractivity contribution in [3.63, 3.8) is 0 Å². The molecule has 1 aromatic carbocycles. The zero-order valence-corrected chi connectivity index (χ0v) is 10.1. The summed E-state index contributed by atoms with van der Waals surface area (Å²) in [6.45, 7) is 0.119. The van der Waals surface area contributed by atoms with Gasteiger partial charge in [-0.1, -0.05) is 0 Å². The van der Waals surface area contributed by atoms with Gasteiger partial charge in [0.15, 0.2) is 0 Å². The molecule has 1 amide bonds. The van der Waals surface area contributed by atoms with Crippen LogP contribution in [0.4, 0.5) is 4.39 Å². The average molecular weight is 264 g/mol. The molecule has 100 valence electrons. The summed E-state index contributed by atoms with van der Waals surface area (Å²) >= 11 is 0. The van der Waals surface area contributed by atoms with Gasteiger partial charge in [-0.05, 0) is 29.7 Å². The highest BCUT2D eigenvalue weighted by atomic mass is 19.1. The SMILES string of the molecule is O=C(O)CCNC(=O)Cn1ccc2ccc(F)cc21. The van der Waals surface area contributed by atoms with Gasteiger partial charge in [0.2, 0.25) is 5.91 Å². The Balaban J connectivity index is 2.02. The van der Waals surface area contributed by atoms with E-state index in [-0.39, 0.29) is 31.2 Å². The molecule has 5 nitrogen and oxygen atoms in total. The lowest BCUT2D eigenvalue weighted by molar-refractivity contribution is -0.136. The summed E-state index contributed by atoms with van der Waals surface area (Å²) in [5.74, 6) is -1.63. The quantitative estimate of drug-likeness (QED) is 0.856. The van der Waals surface area contributed by atoms with Crippen molar-refractivity contribution >= 4 is 22.8 Å². The van der Waals surface area contributed by atoms with Crippen LogP contribution in [-0.2, 0) is 16.1 Å². The number of nitrogens with zero attached hydrogens (tertiary/aromatic N) is 1. The molecule has 2 rings (SSSR count). The Bertz CT molecular complexity index is 621. The number of rotatable bonds is 5. The number of benzene rings is 1. The van der Waals surface area contributed by atoms with Crippen molar-refractivity contribution < 1.29 is 19.1 Å². The van der Waals surface area contributed by atoms with Gasteiger partial charge in [0.25, 0.3) is 0 Å². The van der Waals surface area contributed by atoms with Gasteiger partial charge in [-0.2, -0.15) is 0 Å². The van der Waals surface area contributed by atoms with Crippen molar-refractivity contribution in [2.75, 3.05) is 6.54 Å². The second-order valence-electron chi connectivity index (χ2n) is 4.14. The molecular formula is C13H13FN2O3. The lowest BCUT2D eigenvalue weighted by Crippen LogP contribution is -2.29. The minimum Gasteiger partial charge on any atom is -0.481 e. The lowest BCUT2D eigenvalue weighted by Gasteiger charge is -2.06. The third-order valence-corrected chi connectivity index (χ3v) is 2.71. The minimum absolute atomic E-state index is 0.0343. The maximum Gasteiger partial charge on any atom is 0.305 e. The third kappa shape index (κ3) is 3.31. The van der Waals surface area contributed by atoms with Gasteiger partial charge in [0, 0.05) is 12.7 Å². The summed E-state index contributed by atoms with van der Waals surface area (Å²) in [5, 5.41) is 11.8. The maximum atomic E-state index is 13.1. The summed E-state index contributed by atoms with van der Waals surface area (Å²) < 4.78 is 14.8. The zero-order chi connectivity index (χ0) is 13.8. The normalized spacial score (nSPS) is 10.6. The molecule has 0 saturated heterocycles. The Hall–Kier alpha value is -2.37. The van der Waals surface area contributed by atoms with Crippen LogP contribution in [0, 0.1) is 5.82 Å². The predicted octanol–water partition coefficient (Wildman–Crippen LogP) is 1.37. The Labute approximate surface area is 108 Å². The molecule has 1 aromatic heterocycles. The first-order valence-electron chi connectivity index (χ1n) is 5.79. The van der Waals surface area contributed by atoms with Gasteiger partial charge in [0.05, 0.1) is 11.9 Å². The fourth-order valence-corrected chi connectivity index (χ4v) is 1.81. The van der Waals surface area contributed by atoms with Crippen LogP contribution in [-0.4, -0.2) is 28.1 Å². The molecule has 0 aliphatic heterocycles. The highest BCUT2D eigenvalue weighted by molar-refractivity contribution is 5.83. The van der Waals surface area contributed by atoms with E-state index in [1.165, 1.54) is 12.1 Å². The number of hydrogen-bond acceptors (Lipinski definition) is 2. The van der Waals surface area contributed by atoms with E-state index in [0.717, 1.165) is 5.39 Å². The fourth-order valence-electron chi connectivity index (χ4n) is 1.81. The first kappa shape index (κ1) is 13.1. The Kier molecular flexibility index (Phi) is 3.79. The predicted molar refractivity (Wildman–Crippen MR) is 67.2 cm³/mol. The van der Waals surface area contributed by atoms with Crippen LogP contribution in [0.25, 0.3) is 10.9 Å². The van der Waals surface area contributed by atoms with Crippen molar-refractivity contribution in [3.05, 3.63) is 36.3 Å². The molecule has 2 aromatic rings. The van der Waals surface area contributed by atoms with Gasteiger partial charge in [-0.3, -0.25) is 9.59 Å². The summed E-state index contributed by atoms with van der Waals surface area (Å²) in [5.41, 5.74) is 0.633. The molecule has 0 atom stereocenters. The summed E-state index contributed by atoms with van der Waals surface area (Å²) in [6.07, 6.45) is 1.58. The second-order valence-corrected chi connectivity index (χ2v) is 4.14. The molecule has 1 heterocycles. The van der Waals surface area contributed by atoms with E-state index in [1.807, 2.05) is 0 Å². The van der Waals surface area contributed by atoms with Crippen LogP contribution in [0.1, 0.15) is 6.42 Å². The van der Waals surface area contributed by atoms with Crippen molar-refractivity contribution in [2.24, 2.45) is 0 Å². The van der Waals surface area contributed by atoms with Gasteiger partial charge in [-0.15, -0.1) is 0 Å². The number of nitrogens with one attached hydrogen (secondary N) is 1. The number of carbonyl (C=O) groups excluding carboxylic acids is 1. The van der Waals surface area contributed by atoms with E-state index < -0.39 is 5.97 Å². The smallest absolute Gasteiger partial charge is 0.305 e. The highest BCUT2D eigenvalue weighted by Gasteiger charge is 2.07. The molecular weight excluding hydrogens is 251 g/mol. The highest BCUT2D eigenvalue weighted by Crippen LogP contribution is 2.16. The van der Waals surface area contributed by atoms with E-state index >= 15 is 0 Å². The van der Waals surface area contributed by atoms with Crippen molar-refractivity contribution in [1.82, 2.24) is 9.88 Å². The van der Waals surface area contributed by atoms with Crippen molar-refractivity contribution in [1.29, 1.82) is 0 Å². The number of fused-ring (bicyclic) bond motifs is 1. The van der Waals surface area contributed by atoms with Crippen LogP contribution in [0.3, 0.4) is 0 Å². The van der Waals surface area contributed by atoms with Crippen LogP contribution in [0.15, 0.2) is 30.5 Å². The largest absolute Gasteiger partial charge is 0.481 e. The molecule has 0 unspecified atom stereocenters. The second kappa shape index (κ2) is 5.51. The molecule has 0 radical (unpaired) electrons. The van der Waals surface area contributed by atoms with E-state index in [1.54, 1.807) is 22.9 Å². The molecule has 0 aliphatic carbocycles. The monoisotopic (exact) mass is 264 g/mol. The standard InChI is InChI=1S/C13H13FN2O3/c14-10-2-1-9-4-6-16(11(9)7-10)8-12(17)15-5-3-13(18)19/h1-2,4,6-7H,3,5,8H2,(H,15,17)(H,18,19). The molecule has 0 bridgehead atoms. The van der Waals surface area contributed by atoms with Crippen LogP contribution >= 0.6 is 0 Å². The number of carboxylic acid groups (broad SMARTS) is 1. The fraction of sp³-hybridized carbons (Fsp3) is 0.231. The minimum atomic E-state index is -0.964. The average Bonchev–Trinajstić information content (AvgIpc) is 2.71. The number of aliphatic carboxylic acids is 1. The zero-order valence-electron chi connectivity index (χ0n) is 10.1. The van der Waals surface area contributed by atoms with Gasteiger partial charge < -0.3 is 15.0 Å². The van der Waals surface area contributed by atoms with E-state index in [4.69, 9.17) is 5.11 Å². The molecule has 6 heteroatoms. The Morgan fingerprint density at radius 3 is 2.84 bits per heavy atom. The number of hydrogen-bond donors (Lipinski definition) is 2. The van der Waals surface area contributed by atoms with Gasteiger partial charge in [-0.25, -0.2) is 4.39 Å². The molecule has 19 heavy (non-hydrogen) atoms. The van der Waals surface area contributed by atoms with E-state index in [0.29, 0.717) is 5.52 Å². The molecule has 0 saturated carbocycles. The summed E-state index contributed by atoms with van der Waals surface area (Å²) in [6, 6.07) is 6.16. The van der Waals surface area contributed by atoms with Gasteiger partial charge in [0.1, 0.15) is 12.4 Å². The number of carboxylic acids is 1. The topological polar surface area (TPSA) is 71.3 Å². The van der Waals surface area contributed by atoms with E-state index in [9.17, 15) is 14.0 Å². The number of halogens is 1. The van der Waals surface area contributed by atoms with Gasteiger partial charge >= 0.3 is 5.97 Å². The first-order valence-corrected chi connectivity index (χ1v) is 5.79. The summed E-state index contributed by atoms with van der Waals surface area (Å²) in [4.78, 5) is 21.9. The number of aromatic nitrogens is 1. The maximum absolute atomic E-state index is 13.1. The molecule has 2 N–H and O–H groups in total. The van der Waals surface area contributed by atoms with Crippen LogP contribution in [0.5, 0.6) is 0 Å². The van der Waals surface area contributed by atoms with Crippen LogP contribution < -0.4 is 5.32 Å². The van der Waals surface area contributed by atoms with E-state index in [2.05, 4.69) is 5.32 Å². The lowest BCUT2D eigenvalue weighted by atomic mass is 10.2. The number of carbonyl (C=O) groups is 2. The molecule has 0 fully saturated rings. The van der Waals surface area contributed by atoms with Crippen molar-refractivity contribution in [3.8, 4) is 0 Å². The Morgan fingerprint density at radius 1 is 1.32 bits per heavy atom. The van der Waals surface area contributed by atoms with Crippen LogP contribution in [0.2, 0.25) is 0 Å². The molecule has 0 spiro atoms. The third-order valence-electron chi connectivity index (χ3n) is 2.71. The molecule has 0 aliphatic rings. The van der Waals surface area contributed by atoms with Crippen molar-refractivity contribution in [2.45, 2.75) is 13.0 Å². The number of amides is 1.